The molecule has 0 amide bonds. The third-order valence-corrected chi connectivity index (χ3v) is 13.6. The van der Waals surface area contributed by atoms with Crippen molar-refractivity contribution in [3.63, 3.8) is 0 Å². The zero-order valence-corrected chi connectivity index (χ0v) is 41.2. The molecule has 0 aromatic carbocycles. The molecule has 0 spiro atoms. The molecule has 3 aliphatic heterocycles. The zero-order chi connectivity index (χ0) is 50.3. The Morgan fingerprint density at radius 1 is 0.923 bits per heavy atom. The largest absolute Gasteiger partial charge is 0.481 e. The molecule has 0 bridgehead atoms. The maximum absolute atomic E-state index is 14.2. The average Bonchev–Trinajstić information content (AvgIpc) is 3.18. The van der Waals surface area contributed by atoms with Crippen molar-refractivity contribution in [2.45, 2.75) is 211 Å². The second-order valence-electron chi connectivity index (χ2n) is 20.0. The predicted molar refractivity (Wildman–Crippen MR) is 234 cm³/mol. The molecule has 20 heteroatoms. The summed E-state index contributed by atoms with van der Waals surface area (Å²) in [5, 5.41) is 84.1. The second kappa shape index (κ2) is 23.7. The summed E-state index contributed by atoms with van der Waals surface area (Å²) in [4.78, 5) is 49.2. The van der Waals surface area contributed by atoms with Gasteiger partial charge in [0.05, 0.1) is 48.0 Å². The van der Waals surface area contributed by atoms with E-state index in [0.29, 0.717) is 13.0 Å². The van der Waals surface area contributed by atoms with Crippen molar-refractivity contribution in [1.82, 2.24) is 9.80 Å². The van der Waals surface area contributed by atoms with Gasteiger partial charge in [-0.3, -0.25) is 14.4 Å². The van der Waals surface area contributed by atoms with Crippen LogP contribution in [0, 0.1) is 17.8 Å². The van der Waals surface area contributed by atoms with Gasteiger partial charge in [-0.05, 0) is 102 Å². The summed E-state index contributed by atoms with van der Waals surface area (Å²) in [5.74, 6) is -6.33. The van der Waals surface area contributed by atoms with Gasteiger partial charge in [0.2, 0.25) is 0 Å². The lowest BCUT2D eigenvalue weighted by molar-refractivity contribution is -0.318. The summed E-state index contributed by atoms with van der Waals surface area (Å²) < 4.78 is 37.5. The fourth-order valence-electron chi connectivity index (χ4n) is 9.61. The Bertz CT molecular complexity index is 1550. The van der Waals surface area contributed by atoms with Gasteiger partial charge in [-0.25, -0.2) is 4.79 Å². The number of rotatable bonds is 12. The molecule has 0 aliphatic carbocycles. The maximum Gasteiger partial charge on any atom is 0.336 e. The van der Waals surface area contributed by atoms with E-state index in [1.807, 2.05) is 51.7 Å². The first-order valence-electron chi connectivity index (χ1n) is 22.6. The normalized spacial score (nSPS) is 42.6. The van der Waals surface area contributed by atoms with E-state index < -0.39 is 132 Å². The van der Waals surface area contributed by atoms with Gasteiger partial charge in [-0.15, -0.1) is 0 Å². The highest BCUT2D eigenvalue weighted by molar-refractivity contribution is 5.90. The number of carbonyl (C=O) groups is 4. The first kappa shape index (κ1) is 58.7. The van der Waals surface area contributed by atoms with Gasteiger partial charge < -0.3 is 79.1 Å². The number of cyclic esters (lactones) is 1. The molecule has 3 fully saturated rings. The molecule has 0 aromatic heterocycles. The molecule has 3 saturated heterocycles. The third-order valence-electron chi connectivity index (χ3n) is 13.6. The number of ether oxygens (including phenoxy) is 6. The average molecular weight is 939 g/mol. The van der Waals surface area contributed by atoms with Crippen LogP contribution in [0.25, 0.3) is 0 Å². The number of aliphatic hydroxyl groups excluding tert-OH is 3. The van der Waals surface area contributed by atoms with Crippen LogP contribution in [0.2, 0.25) is 0 Å². The highest BCUT2D eigenvalue weighted by atomic mass is 16.7. The molecule has 20 nitrogen and oxygen atoms in total. The number of hydrogen-bond donors (Lipinski definition) is 8. The van der Waals surface area contributed by atoms with Gasteiger partial charge in [-0.2, -0.15) is 0 Å². The highest BCUT2D eigenvalue weighted by Crippen LogP contribution is 2.40. The van der Waals surface area contributed by atoms with Crippen molar-refractivity contribution >= 4 is 23.7 Å². The molecule has 8 N–H and O–H groups in total. The number of aliphatic carboxylic acids is 2. The third kappa shape index (κ3) is 15.0. The summed E-state index contributed by atoms with van der Waals surface area (Å²) in [7, 11) is 7.12. The number of carboxylic acid groups (broad SMARTS) is 2. The molecular weight excluding hydrogens is 856 g/mol. The summed E-state index contributed by atoms with van der Waals surface area (Å²) in [5.41, 5.74) is -6.86. The molecule has 3 heterocycles. The van der Waals surface area contributed by atoms with E-state index >= 15 is 0 Å². The van der Waals surface area contributed by atoms with Gasteiger partial charge in [0.25, 0.3) is 0 Å². The van der Waals surface area contributed by atoms with Crippen LogP contribution in [0.5, 0.6) is 0 Å². The van der Waals surface area contributed by atoms with Crippen LogP contribution in [0.1, 0.15) is 115 Å². The first-order valence-corrected chi connectivity index (χ1v) is 22.6. The summed E-state index contributed by atoms with van der Waals surface area (Å²) in [6.07, 6.45) is -9.87. The number of ketones is 1. The minimum Gasteiger partial charge on any atom is -0.481 e. The summed E-state index contributed by atoms with van der Waals surface area (Å²) in [6.45, 7) is 19.1. The Labute approximate surface area is 384 Å². The quantitative estimate of drug-likeness (QED) is 0.127. The molecule has 65 heavy (non-hydrogen) atoms. The fourth-order valence-corrected chi connectivity index (χ4v) is 9.61. The van der Waals surface area contributed by atoms with Crippen molar-refractivity contribution in [3.8, 4) is 0 Å². The number of Topliss-reactive ketones (excluding diaryl/α,β-unsaturated/α-hetero) is 1. The van der Waals surface area contributed by atoms with Crippen LogP contribution in [0.4, 0.5) is 0 Å². The number of carboxylic acids is 2. The Morgan fingerprint density at radius 2 is 1.51 bits per heavy atom. The molecule has 0 aromatic rings. The van der Waals surface area contributed by atoms with Crippen molar-refractivity contribution in [3.05, 3.63) is 0 Å². The number of aliphatic hydroxyl groups is 6. The number of likely N-dealkylation sites (N-methyl/N-ethyl adjacent to an activating group) is 2. The lowest BCUT2D eigenvalue weighted by atomic mass is 9.77. The van der Waals surface area contributed by atoms with Gasteiger partial charge in [0, 0.05) is 44.5 Å². The fraction of sp³-hybridized carbons (Fsp3) is 0.911. The molecule has 3 aliphatic rings. The van der Waals surface area contributed by atoms with E-state index in [4.69, 9.17) is 38.6 Å². The van der Waals surface area contributed by atoms with E-state index in [2.05, 4.69) is 0 Å². The number of hydrogen-bond acceptors (Lipinski definition) is 18. The molecule has 1 unspecified atom stereocenters. The maximum atomic E-state index is 14.2. The minimum atomic E-state index is -2.49. The molecule has 3 rings (SSSR count). The second-order valence-corrected chi connectivity index (χ2v) is 20.0. The van der Waals surface area contributed by atoms with Crippen LogP contribution in [-0.2, 0) is 47.6 Å². The monoisotopic (exact) mass is 939 g/mol. The first-order chi connectivity index (χ1) is 29.7. The van der Waals surface area contributed by atoms with Gasteiger partial charge >= 0.3 is 17.9 Å². The van der Waals surface area contributed by atoms with Crippen LogP contribution in [-0.4, -0.2) is 205 Å². The van der Waals surface area contributed by atoms with E-state index in [9.17, 15) is 49.8 Å². The SMILES string of the molecule is CC(=O)CC(O)(CC(=O)O)C(=O)O.CC[C@H]1OC(=O)[C@H](C)[C@@H](O[C@H]2C[C@@](C)(OC)[C@@H](O)[C@H](C)O2)[C@H](C)[C@@H](O[C@@H]2O[C@H](C)C[C@H](N(C)C)[C@H]2O)[C@](C)(O)C[C@@H](C)CN(C)[C@H](C)[C@@H](O)[C@]1(C)O. The van der Waals surface area contributed by atoms with E-state index in [0.717, 1.165) is 6.92 Å². The standard InChI is InChI=1S/C38H72N2O12.C7H10O6/c1-15-27-38(10,46)31(42)24(6)40(13)19-20(2)17-36(8,45)33(52-35-29(41)26(39(11)12)16-21(3)48-35)22(4)30(23(5)34(44)50-27)51-28-18-37(9,47-14)32(43)25(7)49-28;1-4(8)2-7(13,6(11)12)3-5(9)10/h20-33,35,41-43,45-46H,15-19H2,1-14H3;13H,2-3H2,1H3,(H,9,10)(H,11,12)/t20-,21-,22+,23-,24-,25+,26+,27-,28+,29-,30+,31-,32+,33-,35+,36-,37-,38-;/m1./s1. The van der Waals surface area contributed by atoms with Crippen molar-refractivity contribution in [2.24, 2.45) is 17.8 Å². The summed E-state index contributed by atoms with van der Waals surface area (Å²) >= 11 is 0. The van der Waals surface area contributed by atoms with Crippen molar-refractivity contribution in [2.75, 3.05) is 34.8 Å². The molecule has 0 radical (unpaired) electrons. The van der Waals surface area contributed by atoms with E-state index in [1.54, 1.807) is 41.5 Å². The van der Waals surface area contributed by atoms with E-state index in [1.165, 1.54) is 14.0 Å². The Balaban J connectivity index is 0.000000965. The van der Waals surface area contributed by atoms with Crippen molar-refractivity contribution < 1.29 is 88.5 Å². The van der Waals surface area contributed by atoms with E-state index in [-0.39, 0.29) is 37.3 Å². The van der Waals surface area contributed by atoms with Gasteiger partial charge in [0.1, 0.15) is 35.8 Å². The lowest BCUT2D eigenvalue weighted by Gasteiger charge is -2.48. The summed E-state index contributed by atoms with van der Waals surface area (Å²) in [6, 6.07) is -0.808. The zero-order valence-electron chi connectivity index (χ0n) is 41.2. The lowest BCUT2D eigenvalue weighted by Crippen LogP contribution is -2.60. The van der Waals surface area contributed by atoms with Crippen LogP contribution in [0.15, 0.2) is 0 Å². The van der Waals surface area contributed by atoms with Crippen LogP contribution in [0.3, 0.4) is 0 Å². The molecular formula is C45H82N2O18. The van der Waals surface area contributed by atoms with Crippen LogP contribution < -0.4 is 0 Å². The predicted octanol–water partition coefficient (Wildman–Crippen LogP) is 1.16. The number of methoxy groups -OCH3 is 1. The minimum absolute atomic E-state index is 0.133. The number of carbonyl (C=O) groups excluding carboxylic acids is 2. The molecule has 380 valence electrons. The smallest absolute Gasteiger partial charge is 0.336 e. The Kier molecular flexibility index (Phi) is 21.4. The van der Waals surface area contributed by atoms with Gasteiger partial charge in [0.15, 0.2) is 18.2 Å². The molecule has 0 saturated carbocycles. The van der Waals surface area contributed by atoms with Gasteiger partial charge in [-0.1, -0.05) is 20.8 Å². The Hall–Kier alpha value is -2.44. The highest BCUT2D eigenvalue weighted by Gasteiger charge is 2.53. The topological polar surface area (TPSA) is 292 Å². The number of nitrogens with zero attached hydrogens (tertiary/aromatic N) is 2. The molecule has 19 atom stereocenters. The number of esters is 1. The Morgan fingerprint density at radius 3 is 2.00 bits per heavy atom. The van der Waals surface area contributed by atoms with Crippen molar-refractivity contribution in [1.29, 1.82) is 0 Å². The van der Waals surface area contributed by atoms with Crippen LogP contribution >= 0.6 is 0 Å².